The van der Waals surface area contributed by atoms with Gasteiger partial charge in [-0.3, -0.25) is 4.79 Å². The molecule has 0 saturated carbocycles. The van der Waals surface area contributed by atoms with Crippen molar-refractivity contribution in [3.8, 4) is 0 Å². The molecule has 0 aliphatic rings. The van der Waals surface area contributed by atoms with Gasteiger partial charge in [0.1, 0.15) is 5.69 Å². The molecule has 19 heavy (non-hydrogen) atoms. The molecule has 0 atom stereocenters. The maximum Gasteiger partial charge on any atom is 0.352 e. The maximum absolute atomic E-state index is 12.3. The molecule has 1 heterocycles. The van der Waals surface area contributed by atoms with Crippen molar-refractivity contribution < 1.29 is 9.90 Å². The average Bonchev–Trinajstić information content (AvgIpc) is 2.36. The Morgan fingerprint density at radius 1 is 1.37 bits per heavy atom. The molecule has 1 N–H and O–H groups in total. The number of hydrogen-bond donors (Lipinski definition) is 1. The molecule has 0 aliphatic heterocycles. The Balaban J connectivity index is 3.19. The number of carboxylic acids is 1. The third-order valence-corrected chi connectivity index (χ3v) is 3.63. The summed E-state index contributed by atoms with van der Waals surface area (Å²) in [6.45, 7) is 5.66. The number of fused-ring (bicyclic) bond motifs is 1. The Hall–Kier alpha value is -1.81. The van der Waals surface area contributed by atoms with Crippen LogP contribution in [0.25, 0.3) is 10.9 Å². The minimum Gasteiger partial charge on any atom is -0.477 e. The van der Waals surface area contributed by atoms with Crippen LogP contribution in [0.5, 0.6) is 0 Å². The second-order valence-electron chi connectivity index (χ2n) is 4.44. The van der Waals surface area contributed by atoms with Crippen LogP contribution in [-0.4, -0.2) is 15.6 Å². The van der Waals surface area contributed by atoms with Crippen molar-refractivity contribution in [3.63, 3.8) is 0 Å². The van der Waals surface area contributed by atoms with E-state index in [2.05, 4.69) is 0 Å². The van der Waals surface area contributed by atoms with Crippen molar-refractivity contribution in [2.24, 2.45) is 0 Å². The predicted octanol–water partition coefficient (Wildman–Crippen LogP) is 2.99. The molecule has 1 aromatic heterocycles. The normalized spacial score (nSPS) is 10.9. The molecule has 0 spiro atoms. The van der Waals surface area contributed by atoms with E-state index in [-0.39, 0.29) is 16.7 Å². The molecule has 0 aliphatic carbocycles. The zero-order valence-electron chi connectivity index (χ0n) is 11.0. The highest BCUT2D eigenvalue weighted by Gasteiger charge is 2.20. The Labute approximate surface area is 115 Å². The van der Waals surface area contributed by atoms with Crippen LogP contribution in [0.3, 0.4) is 0 Å². The predicted molar refractivity (Wildman–Crippen MR) is 75.3 cm³/mol. The minimum absolute atomic E-state index is 0.0327. The number of aryl methyl sites for hydroxylation is 2. The fraction of sp³-hybridized carbons (Fsp3) is 0.286. The first-order valence-corrected chi connectivity index (χ1v) is 6.33. The Morgan fingerprint density at radius 2 is 2.00 bits per heavy atom. The summed E-state index contributed by atoms with van der Waals surface area (Å²) in [5, 5.41) is 10.1. The summed E-state index contributed by atoms with van der Waals surface area (Å²) in [6, 6.07) is 3.46. The summed E-state index contributed by atoms with van der Waals surface area (Å²) < 4.78 is 1.63. The maximum atomic E-state index is 12.3. The number of pyridine rings is 1. The smallest absolute Gasteiger partial charge is 0.352 e. The Bertz CT molecular complexity index is 747. The van der Waals surface area contributed by atoms with Crippen molar-refractivity contribution in [1.29, 1.82) is 0 Å². The second-order valence-corrected chi connectivity index (χ2v) is 4.85. The van der Waals surface area contributed by atoms with E-state index in [1.807, 2.05) is 13.8 Å². The van der Waals surface area contributed by atoms with E-state index in [1.165, 1.54) is 6.92 Å². The van der Waals surface area contributed by atoms with Crippen LogP contribution in [0.4, 0.5) is 0 Å². The average molecular weight is 280 g/mol. The summed E-state index contributed by atoms with van der Waals surface area (Å²) in [6.07, 6.45) is 0. The van der Waals surface area contributed by atoms with E-state index in [1.54, 1.807) is 16.7 Å². The molecule has 1 aromatic carbocycles. The molecular weight excluding hydrogens is 266 g/mol. The van der Waals surface area contributed by atoms with Gasteiger partial charge in [-0.2, -0.15) is 0 Å². The first-order chi connectivity index (χ1) is 8.90. The van der Waals surface area contributed by atoms with Gasteiger partial charge in [0.2, 0.25) is 0 Å². The van der Waals surface area contributed by atoms with Gasteiger partial charge < -0.3 is 9.67 Å². The SMILES string of the molecule is CCn1c(C(=O)O)c(C)c(=O)c2c(Cl)ccc(C)c21. The lowest BCUT2D eigenvalue weighted by atomic mass is 10.0. The van der Waals surface area contributed by atoms with Gasteiger partial charge in [0.05, 0.1) is 15.9 Å². The monoisotopic (exact) mass is 279 g/mol. The number of halogens is 1. The molecule has 0 bridgehead atoms. The number of aromatic nitrogens is 1. The third-order valence-electron chi connectivity index (χ3n) is 3.31. The molecule has 0 saturated heterocycles. The molecular formula is C14H14ClNO3. The van der Waals surface area contributed by atoms with E-state index in [9.17, 15) is 14.7 Å². The molecule has 4 nitrogen and oxygen atoms in total. The van der Waals surface area contributed by atoms with Crippen LogP contribution in [-0.2, 0) is 6.54 Å². The highest BCUT2D eigenvalue weighted by Crippen LogP contribution is 2.26. The number of nitrogens with zero attached hydrogens (tertiary/aromatic N) is 1. The summed E-state index contributed by atoms with van der Waals surface area (Å²) >= 11 is 6.11. The molecule has 5 heteroatoms. The first kappa shape index (κ1) is 13.6. The van der Waals surface area contributed by atoms with Crippen LogP contribution < -0.4 is 5.43 Å². The van der Waals surface area contributed by atoms with Crippen molar-refractivity contribution in [2.45, 2.75) is 27.3 Å². The highest BCUT2D eigenvalue weighted by molar-refractivity contribution is 6.35. The van der Waals surface area contributed by atoms with Gasteiger partial charge in [-0.15, -0.1) is 0 Å². The van der Waals surface area contributed by atoms with Crippen molar-refractivity contribution in [1.82, 2.24) is 4.57 Å². The molecule has 0 radical (unpaired) electrons. The zero-order chi connectivity index (χ0) is 14.3. The number of hydrogen-bond acceptors (Lipinski definition) is 2. The highest BCUT2D eigenvalue weighted by atomic mass is 35.5. The van der Waals surface area contributed by atoms with Crippen LogP contribution in [0.1, 0.15) is 28.5 Å². The second kappa shape index (κ2) is 4.70. The lowest BCUT2D eigenvalue weighted by Crippen LogP contribution is -2.22. The summed E-state index contributed by atoms with van der Waals surface area (Å²) in [5.74, 6) is -1.10. The molecule has 100 valence electrons. The number of carboxylic acid groups (broad SMARTS) is 1. The molecule has 0 unspecified atom stereocenters. The Kier molecular flexibility index (Phi) is 3.37. The van der Waals surface area contributed by atoms with E-state index in [4.69, 9.17) is 11.6 Å². The first-order valence-electron chi connectivity index (χ1n) is 5.95. The standard InChI is InChI=1S/C14H14ClNO3/c1-4-16-11-7(2)5-6-9(15)10(11)13(17)8(3)12(16)14(18)19/h5-6H,4H2,1-3H3,(H,18,19). The van der Waals surface area contributed by atoms with Gasteiger partial charge in [0, 0.05) is 12.1 Å². The summed E-state index contributed by atoms with van der Waals surface area (Å²) in [7, 11) is 0. The third kappa shape index (κ3) is 1.92. The molecule has 2 aromatic rings. The van der Waals surface area contributed by atoms with E-state index in [0.29, 0.717) is 22.5 Å². The van der Waals surface area contributed by atoms with Gasteiger partial charge >= 0.3 is 5.97 Å². The number of rotatable bonds is 2. The van der Waals surface area contributed by atoms with Gasteiger partial charge in [0.15, 0.2) is 5.43 Å². The minimum atomic E-state index is -1.10. The molecule has 2 rings (SSSR count). The summed E-state index contributed by atoms with van der Waals surface area (Å²) in [4.78, 5) is 23.7. The van der Waals surface area contributed by atoms with Gasteiger partial charge in [-0.05, 0) is 32.4 Å². The fourth-order valence-electron chi connectivity index (χ4n) is 2.44. The van der Waals surface area contributed by atoms with Gasteiger partial charge in [0.25, 0.3) is 0 Å². The van der Waals surface area contributed by atoms with Crippen LogP contribution in [0.15, 0.2) is 16.9 Å². The van der Waals surface area contributed by atoms with E-state index < -0.39 is 5.97 Å². The number of benzene rings is 1. The molecule has 0 fully saturated rings. The molecule has 0 amide bonds. The van der Waals surface area contributed by atoms with E-state index in [0.717, 1.165) is 5.56 Å². The van der Waals surface area contributed by atoms with Crippen LogP contribution >= 0.6 is 11.6 Å². The van der Waals surface area contributed by atoms with Gasteiger partial charge in [-0.1, -0.05) is 17.7 Å². The van der Waals surface area contributed by atoms with Crippen molar-refractivity contribution in [2.75, 3.05) is 0 Å². The topological polar surface area (TPSA) is 59.3 Å². The Morgan fingerprint density at radius 3 is 2.53 bits per heavy atom. The lowest BCUT2D eigenvalue weighted by molar-refractivity contribution is 0.0684. The van der Waals surface area contributed by atoms with E-state index >= 15 is 0 Å². The lowest BCUT2D eigenvalue weighted by Gasteiger charge is -2.17. The fourth-order valence-corrected chi connectivity index (χ4v) is 2.67. The quantitative estimate of drug-likeness (QED) is 0.919. The summed E-state index contributed by atoms with van der Waals surface area (Å²) in [5.41, 5.74) is 1.37. The van der Waals surface area contributed by atoms with Crippen molar-refractivity contribution in [3.05, 3.63) is 44.2 Å². The van der Waals surface area contributed by atoms with Crippen LogP contribution in [0, 0.1) is 13.8 Å². The van der Waals surface area contributed by atoms with Crippen molar-refractivity contribution >= 4 is 28.5 Å². The van der Waals surface area contributed by atoms with Crippen LogP contribution in [0.2, 0.25) is 5.02 Å². The van der Waals surface area contributed by atoms with Gasteiger partial charge in [-0.25, -0.2) is 4.79 Å². The zero-order valence-corrected chi connectivity index (χ0v) is 11.7. The largest absolute Gasteiger partial charge is 0.477 e. The number of carbonyl (C=O) groups is 1. The number of aromatic carboxylic acids is 1.